The number of piperazine rings is 1. The minimum absolute atomic E-state index is 0.0634. The second kappa shape index (κ2) is 7.35. The minimum Gasteiger partial charge on any atom is -0.368 e. The highest BCUT2D eigenvalue weighted by molar-refractivity contribution is 5.85. The third-order valence-electron chi connectivity index (χ3n) is 5.33. The molecule has 28 heavy (non-hydrogen) atoms. The highest BCUT2D eigenvalue weighted by Gasteiger charge is 2.21. The molecule has 1 aliphatic heterocycles. The third-order valence-corrected chi connectivity index (χ3v) is 5.33. The molecule has 1 fully saturated rings. The van der Waals surface area contributed by atoms with Crippen LogP contribution >= 0.6 is 0 Å². The van der Waals surface area contributed by atoms with Gasteiger partial charge in [0.15, 0.2) is 0 Å². The van der Waals surface area contributed by atoms with Gasteiger partial charge in [-0.2, -0.15) is 5.26 Å². The molecule has 6 heteroatoms. The van der Waals surface area contributed by atoms with Crippen molar-refractivity contribution in [2.24, 2.45) is 0 Å². The number of aryl methyl sites for hydroxylation is 1. The van der Waals surface area contributed by atoms with Gasteiger partial charge in [-0.15, -0.1) is 0 Å². The fourth-order valence-electron chi connectivity index (χ4n) is 3.84. The minimum atomic E-state index is -0.214. The van der Waals surface area contributed by atoms with Crippen LogP contribution in [0.15, 0.2) is 48.7 Å². The van der Waals surface area contributed by atoms with E-state index in [4.69, 9.17) is 5.26 Å². The Balaban J connectivity index is 1.59. The van der Waals surface area contributed by atoms with Gasteiger partial charge in [0.05, 0.1) is 11.6 Å². The Morgan fingerprint density at radius 3 is 2.61 bits per heavy atom. The molecule has 1 saturated heterocycles. The summed E-state index contributed by atoms with van der Waals surface area (Å²) in [6.07, 6.45) is 1.84. The van der Waals surface area contributed by atoms with Crippen LogP contribution in [0.25, 0.3) is 16.6 Å². The second-order valence-electron chi connectivity index (χ2n) is 7.03. The Bertz CT molecular complexity index is 1070. The van der Waals surface area contributed by atoms with Gasteiger partial charge in [-0.25, -0.2) is 4.39 Å². The summed E-state index contributed by atoms with van der Waals surface area (Å²) in [4.78, 5) is 15.9. The normalized spacial score (nSPS) is 14.3. The fourth-order valence-corrected chi connectivity index (χ4v) is 3.84. The monoisotopic (exact) mass is 376 g/mol. The number of nitrogens with zero attached hydrogens (tertiary/aromatic N) is 4. The summed E-state index contributed by atoms with van der Waals surface area (Å²) >= 11 is 0. The van der Waals surface area contributed by atoms with Crippen molar-refractivity contribution in [1.29, 1.82) is 5.26 Å². The van der Waals surface area contributed by atoms with Gasteiger partial charge in [-0.1, -0.05) is 12.1 Å². The molecular weight excluding hydrogens is 355 g/mol. The molecule has 0 radical (unpaired) electrons. The first-order valence-electron chi connectivity index (χ1n) is 9.35. The zero-order chi connectivity index (χ0) is 19.7. The van der Waals surface area contributed by atoms with Gasteiger partial charge >= 0.3 is 0 Å². The van der Waals surface area contributed by atoms with Crippen LogP contribution < -0.4 is 4.90 Å². The van der Waals surface area contributed by atoms with Crippen molar-refractivity contribution in [2.45, 2.75) is 13.3 Å². The van der Waals surface area contributed by atoms with Gasteiger partial charge in [0.25, 0.3) is 0 Å². The number of carbonyl (C=O) groups excluding carboxylic acids is 1. The van der Waals surface area contributed by atoms with E-state index in [1.54, 1.807) is 11.0 Å². The Hall–Kier alpha value is -3.33. The summed E-state index contributed by atoms with van der Waals surface area (Å²) in [6.45, 7) is 4.66. The average Bonchev–Trinajstić information content (AvgIpc) is 3.18. The molecule has 0 atom stereocenters. The Labute approximate surface area is 163 Å². The van der Waals surface area contributed by atoms with Crippen molar-refractivity contribution in [1.82, 2.24) is 9.47 Å². The average molecular weight is 376 g/mol. The van der Waals surface area contributed by atoms with Gasteiger partial charge in [-0.05, 0) is 42.8 Å². The van der Waals surface area contributed by atoms with Gasteiger partial charge in [-0.3, -0.25) is 4.79 Å². The SMILES string of the molecule is Cc1ccc(F)c2ccn(-c3cccc(N4CCN(C(=O)CC#N)CC4)c3)c12. The number of anilines is 1. The smallest absolute Gasteiger partial charge is 0.236 e. The summed E-state index contributed by atoms with van der Waals surface area (Å²) in [5.41, 5.74) is 3.95. The van der Waals surface area contributed by atoms with Crippen LogP contribution in [0.3, 0.4) is 0 Å². The maximum atomic E-state index is 14.1. The third kappa shape index (κ3) is 3.20. The number of hydrogen-bond acceptors (Lipinski definition) is 3. The van der Waals surface area contributed by atoms with Gasteiger partial charge < -0.3 is 14.4 Å². The number of hydrogen-bond donors (Lipinski definition) is 0. The topological polar surface area (TPSA) is 52.3 Å². The van der Waals surface area contributed by atoms with Crippen molar-refractivity contribution < 1.29 is 9.18 Å². The first kappa shape index (κ1) is 18.1. The van der Waals surface area contributed by atoms with Gasteiger partial charge in [0.1, 0.15) is 12.2 Å². The molecule has 1 amide bonds. The first-order chi connectivity index (χ1) is 13.6. The number of halogens is 1. The van der Waals surface area contributed by atoms with E-state index in [0.717, 1.165) is 35.5 Å². The molecule has 1 aromatic heterocycles. The Morgan fingerprint density at radius 1 is 1.11 bits per heavy atom. The molecule has 0 spiro atoms. The van der Waals surface area contributed by atoms with Crippen molar-refractivity contribution in [3.8, 4) is 11.8 Å². The molecule has 0 bridgehead atoms. The van der Waals surface area contributed by atoms with E-state index in [9.17, 15) is 9.18 Å². The lowest BCUT2D eigenvalue weighted by atomic mass is 10.1. The van der Waals surface area contributed by atoms with Crippen LogP contribution in [0.1, 0.15) is 12.0 Å². The molecule has 1 aliphatic rings. The number of amides is 1. The van der Waals surface area contributed by atoms with Gasteiger partial charge in [0, 0.05) is 49.1 Å². The van der Waals surface area contributed by atoms with E-state index in [-0.39, 0.29) is 18.1 Å². The molecule has 3 aromatic rings. The number of fused-ring (bicyclic) bond motifs is 1. The number of carbonyl (C=O) groups is 1. The van der Waals surface area contributed by atoms with E-state index in [1.165, 1.54) is 6.07 Å². The Kier molecular flexibility index (Phi) is 4.74. The second-order valence-corrected chi connectivity index (χ2v) is 7.03. The predicted octanol–water partition coefficient (Wildman–Crippen LogP) is 3.64. The number of nitriles is 1. The van der Waals surface area contributed by atoms with E-state index < -0.39 is 0 Å². The molecule has 0 saturated carbocycles. The van der Waals surface area contributed by atoms with Crippen LogP contribution in [0.5, 0.6) is 0 Å². The Morgan fingerprint density at radius 2 is 1.86 bits per heavy atom. The van der Waals surface area contributed by atoms with Crippen molar-refractivity contribution in [2.75, 3.05) is 31.1 Å². The summed E-state index contributed by atoms with van der Waals surface area (Å²) in [5, 5.41) is 9.32. The van der Waals surface area contributed by atoms with Crippen LogP contribution in [-0.4, -0.2) is 41.6 Å². The summed E-state index contributed by atoms with van der Waals surface area (Å²) in [5.74, 6) is -0.319. The van der Waals surface area contributed by atoms with E-state index in [0.29, 0.717) is 18.5 Å². The lowest BCUT2D eigenvalue weighted by molar-refractivity contribution is -0.130. The zero-order valence-electron chi connectivity index (χ0n) is 15.7. The molecule has 2 aromatic carbocycles. The molecule has 2 heterocycles. The van der Waals surface area contributed by atoms with E-state index >= 15 is 0 Å². The maximum absolute atomic E-state index is 14.1. The highest BCUT2D eigenvalue weighted by Crippen LogP contribution is 2.28. The molecule has 142 valence electrons. The summed E-state index contributed by atoms with van der Waals surface area (Å²) in [6, 6.07) is 15.2. The molecule has 5 nitrogen and oxygen atoms in total. The molecular formula is C22H21FN4O. The van der Waals surface area contributed by atoms with Crippen LogP contribution in [-0.2, 0) is 4.79 Å². The molecule has 0 unspecified atom stereocenters. The van der Waals surface area contributed by atoms with Crippen LogP contribution in [0.4, 0.5) is 10.1 Å². The summed E-state index contributed by atoms with van der Waals surface area (Å²) < 4.78 is 16.2. The van der Waals surface area contributed by atoms with Crippen LogP contribution in [0.2, 0.25) is 0 Å². The number of aromatic nitrogens is 1. The standard InChI is InChI=1S/C22H21FN4O/c1-16-5-6-20(23)19-8-10-27(22(16)19)18-4-2-3-17(15-18)25-11-13-26(14-12-25)21(28)7-9-24/h2-6,8,10,15H,7,11-14H2,1H3. The van der Waals surface area contributed by atoms with Crippen molar-refractivity contribution in [3.05, 3.63) is 60.0 Å². The highest BCUT2D eigenvalue weighted by atomic mass is 19.1. The van der Waals surface area contributed by atoms with E-state index in [1.807, 2.05) is 42.0 Å². The van der Waals surface area contributed by atoms with Crippen LogP contribution in [0, 0.1) is 24.1 Å². The quantitative estimate of drug-likeness (QED) is 0.701. The first-order valence-corrected chi connectivity index (χ1v) is 9.35. The zero-order valence-corrected chi connectivity index (χ0v) is 15.7. The lowest BCUT2D eigenvalue weighted by Crippen LogP contribution is -2.48. The predicted molar refractivity (Wildman–Crippen MR) is 107 cm³/mol. The molecule has 4 rings (SSSR count). The fraction of sp³-hybridized carbons (Fsp3) is 0.273. The van der Waals surface area contributed by atoms with Crippen molar-refractivity contribution >= 4 is 22.5 Å². The number of benzene rings is 2. The number of rotatable bonds is 3. The summed E-state index contributed by atoms with van der Waals surface area (Å²) in [7, 11) is 0. The van der Waals surface area contributed by atoms with E-state index in [2.05, 4.69) is 17.0 Å². The van der Waals surface area contributed by atoms with Gasteiger partial charge in [0.2, 0.25) is 5.91 Å². The molecule has 0 aliphatic carbocycles. The van der Waals surface area contributed by atoms with Crippen molar-refractivity contribution in [3.63, 3.8) is 0 Å². The lowest BCUT2D eigenvalue weighted by Gasteiger charge is -2.36. The largest absolute Gasteiger partial charge is 0.368 e. The maximum Gasteiger partial charge on any atom is 0.236 e. The molecule has 0 N–H and O–H groups in total.